The number of nitrogens with one attached hydrogen (secondary N) is 1. The number of fused-ring (bicyclic) bond motifs is 1. The van der Waals surface area contributed by atoms with Gasteiger partial charge in [-0.2, -0.15) is 0 Å². The highest BCUT2D eigenvalue weighted by Crippen LogP contribution is 2.40. The van der Waals surface area contributed by atoms with E-state index in [2.05, 4.69) is 15.5 Å². The Balaban J connectivity index is 1.46. The SMILES string of the molecule is CC(=O)c1ccc(OCC2=C(C(=O)O)N3C(=O)[C@@H](NC(=O)/C(=N\O)c4csc(N)n4)[C@H]3SC2)cc1. The molecule has 0 unspecified atom stereocenters. The molecule has 182 valence electrons. The van der Waals surface area contributed by atoms with E-state index in [0.29, 0.717) is 16.9 Å². The predicted octanol–water partition coefficient (Wildman–Crippen LogP) is 0.924. The molecule has 1 saturated heterocycles. The van der Waals surface area contributed by atoms with E-state index in [1.165, 1.54) is 24.1 Å². The maximum absolute atomic E-state index is 12.8. The maximum atomic E-state index is 12.8. The van der Waals surface area contributed by atoms with Crippen LogP contribution < -0.4 is 15.8 Å². The number of carbonyl (C=O) groups excluding carboxylic acids is 3. The highest BCUT2D eigenvalue weighted by atomic mass is 32.2. The second-order valence-electron chi connectivity index (χ2n) is 7.51. The molecule has 5 N–H and O–H groups in total. The van der Waals surface area contributed by atoms with Gasteiger partial charge in [0.15, 0.2) is 16.6 Å². The van der Waals surface area contributed by atoms with Gasteiger partial charge in [-0.25, -0.2) is 9.78 Å². The number of Topliss-reactive ketones (excluding diaryl/α,β-unsaturated/α-hetero) is 1. The molecule has 1 aromatic carbocycles. The second-order valence-corrected chi connectivity index (χ2v) is 9.50. The molecule has 0 radical (unpaired) electrons. The van der Waals surface area contributed by atoms with Gasteiger partial charge in [0, 0.05) is 22.3 Å². The van der Waals surface area contributed by atoms with Gasteiger partial charge in [0.25, 0.3) is 11.8 Å². The number of anilines is 1. The molecular formula is C21H19N5O7S2. The number of oxime groups is 1. The fourth-order valence-electron chi connectivity index (χ4n) is 3.57. The van der Waals surface area contributed by atoms with Crippen molar-refractivity contribution in [3.8, 4) is 5.75 Å². The number of aliphatic carboxylic acids is 1. The smallest absolute Gasteiger partial charge is 0.352 e. The van der Waals surface area contributed by atoms with Gasteiger partial charge < -0.3 is 26.1 Å². The minimum atomic E-state index is -1.30. The van der Waals surface area contributed by atoms with E-state index in [4.69, 9.17) is 10.5 Å². The first-order valence-electron chi connectivity index (χ1n) is 10.1. The van der Waals surface area contributed by atoms with Crippen LogP contribution in [0.15, 0.2) is 46.1 Å². The molecule has 1 aromatic heterocycles. The number of nitrogen functional groups attached to an aromatic ring is 1. The molecule has 0 saturated carbocycles. The molecule has 35 heavy (non-hydrogen) atoms. The molecule has 0 bridgehead atoms. The summed E-state index contributed by atoms with van der Waals surface area (Å²) in [7, 11) is 0. The van der Waals surface area contributed by atoms with Crippen LogP contribution >= 0.6 is 23.1 Å². The Morgan fingerprint density at radius 3 is 2.60 bits per heavy atom. The molecule has 2 amide bonds. The predicted molar refractivity (Wildman–Crippen MR) is 126 cm³/mol. The molecule has 1 fully saturated rings. The van der Waals surface area contributed by atoms with E-state index < -0.39 is 34.9 Å². The molecule has 3 heterocycles. The first-order chi connectivity index (χ1) is 16.7. The summed E-state index contributed by atoms with van der Waals surface area (Å²) in [6.07, 6.45) is 0. The number of carbonyl (C=O) groups is 4. The fraction of sp³-hybridized carbons (Fsp3) is 0.238. The molecule has 2 atom stereocenters. The number of hydrogen-bond donors (Lipinski definition) is 4. The number of aromatic nitrogens is 1. The van der Waals surface area contributed by atoms with Crippen molar-refractivity contribution in [2.24, 2.45) is 5.16 Å². The van der Waals surface area contributed by atoms with E-state index >= 15 is 0 Å². The van der Waals surface area contributed by atoms with Crippen molar-refractivity contribution in [3.05, 3.63) is 52.2 Å². The fourth-order valence-corrected chi connectivity index (χ4v) is 5.44. The highest BCUT2D eigenvalue weighted by Gasteiger charge is 2.54. The van der Waals surface area contributed by atoms with Crippen LogP contribution in [0.1, 0.15) is 23.0 Å². The number of amides is 2. The number of thioether (sulfide) groups is 1. The largest absolute Gasteiger partial charge is 0.489 e. The monoisotopic (exact) mass is 517 g/mol. The summed E-state index contributed by atoms with van der Waals surface area (Å²) in [5, 5.41) is 25.4. The summed E-state index contributed by atoms with van der Waals surface area (Å²) in [4.78, 5) is 53.8. The van der Waals surface area contributed by atoms with Crippen molar-refractivity contribution in [2.45, 2.75) is 18.3 Å². The van der Waals surface area contributed by atoms with Crippen LogP contribution in [-0.2, 0) is 14.4 Å². The van der Waals surface area contributed by atoms with Gasteiger partial charge in [-0.15, -0.1) is 23.1 Å². The highest BCUT2D eigenvalue weighted by molar-refractivity contribution is 8.00. The van der Waals surface area contributed by atoms with E-state index in [1.54, 1.807) is 24.3 Å². The van der Waals surface area contributed by atoms with E-state index in [-0.39, 0.29) is 34.7 Å². The van der Waals surface area contributed by atoms with Gasteiger partial charge in [0.1, 0.15) is 35.2 Å². The Morgan fingerprint density at radius 1 is 1.31 bits per heavy atom. The van der Waals surface area contributed by atoms with E-state index in [0.717, 1.165) is 16.2 Å². The van der Waals surface area contributed by atoms with Crippen molar-refractivity contribution in [1.82, 2.24) is 15.2 Å². The number of nitrogens with two attached hydrogens (primary N) is 1. The lowest BCUT2D eigenvalue weighted by molar-refractivity contribution is -0.150. The molecule has 2 aliphatic heterocycles. The van der Waals surface area contributed by atoms with E-state index in [1.807, 2.05) is 0 Å². The first kappa shape index (κ1) is 24.2. The van der Waals surface area contributed by atoms with Crippen LogP contribution in [0.4, 0.5) is 5.13 Å². The number of carboxylic acids is 1. The summed E-state index contributed by atoms with van der Waals surface area (Å²) >= 11 is 2.31. The molecular weight excluding hydrogens is 498 g/mol. The van der Waals surface area contributed by atoms with Crippen LogP contribution in [0.25, 0.3) is 0 Å². The van der Waals surface area contributed by atoms with Gasteiger partial charge in [-0.1, -0.05) is 5.16 Å². The standard InChI is InChI=1S/C21H19N5O7S2/c1-9(27)10-2-4-12(5-3-10)33-6-11-7-34-19-15(18(29)26(19)16(11)20(30)31)24-17(28)14(25-32)13-8-35-21(22)23-13/h2-5,8,15,19,32H,6-7H2,1H3,(H2,22,23)(H,24,28)(H,30,31)/b25-14-/t15-,19-/m1/s1. The van der Waals surface area contributed by atoms with Crippen molar-refractivity contribution in [2.75, 3.05) is 18.1 Å². The Hall–Kier alpha value is -3.91. The topological polar surface area (TPSA) is 185 Å². The molecule has 12 nitrogen and oxygen atoms in total. The summed E-state index contributed by atoms with van der Waals surface area (Å²) in [6, 6.07) is 5.40. The average Bonchev–Trinajstić information content (AvgIpc) is 3.26. The third-order valence-electron chi connectivity index (χ3n) is 5.29. The first-order valence-corrected chi connectivity index (χ1v) is 12.0. The Kier molecular flexibility index (Phi) is 6.75. The number of rotatable bonds is 8. The molecule has 0 aliphatic carbocycles. The minimum absolute atomic E-state index is 0.0503. The lowest BCUT2D eigenvalue weighted by Crippen LogP contribution is -2.71. The Morgan fingerprint density at radius 2 is 2.03 bits per heavy atom. The second kappa shape index (κ2) is 9.76. The summed E-state index contributed by atoms with van der Waals surface area (Å²) < 4.78 is 5.68. The molecule has 0 spiro atoms. The van der Waals surface area contributed by atoms with Crippen LogP contribution in [0.3, 0.4) is 0 Å². The number of β-lactam (4-membered cyclic amide) rings is 1. The lowest BCUT2D eigenvalue weighted by Gasteiger charge is -2.49. The number of benzene rings is 1. The van der Waals surface area contributed by atoms with Crippen LogP contribution in [0.5, 0.6) is 5.75 Å². The number of hydrogen-bond acceptors (Lipinski definition) is 11. The normalized spacial score (nSPS) is 19.6. The number of ketones is 1. The maximum Gasteiger partial charge on any atom is 0.352 e. The quantitative estimate of drug-likeness (QED) is 0.129. The van der Waals surface area contributed by atoms with Crippen molar-refractivity contribution < 1.29 is 34.2 Å². The molecule has 14 heteroatoms. The van der Waals surface area contributed by atoms with Gasteiger partial charge >= 0.3 is 5.97 Å². The summed E-state index contributed by atoms with van der Waals surface area (Å²) in [6.45, 7) is 1.37. The van der Waals surface area contributed by atoms with Gasteiger partial charge in [-0.3, -0.25) is 19.3 Å². The third-order valence-corrected chi connectivity index (χ3v) is 7.30. The van der Waals surface area contributed by atoms with E-state index in [9.17, 15) is 29.5 Å². The zero-order valence-corrected chi connectivity index (χ0v) is 19.8. The summed E-state index contributed by atoms with van der Waals surface area (Å²) in [5.41, 5.74) is 5.89. The van der Waals surface area contributed by atoms with Crippen molar-refractivity contribution in [3.63, 3.8) is 0 Å². The number of ether oxygens (including phenoxy) is 1. The average molecular weight is 518 g/mol. The van der Waals surface area contributed by atoms with Crippen LogP contribution in [-0.4, -0.2) is 73.3 Å². The Bertz CT molecular complexity index is 1270. The van der Waals surface area contributed by atoms with Gasteiger partial charge in [0.05, 0.1) is 0 Å². The van der Waals surface area contributed by atoms with Gasteiger partial charge in [-0.05, 0) is 31.2 Å². The number of thiazole rings is 1. The van der Waals surface area contributed by atoms with Gasteiger partial charge in [0.2, 0.25) is 0 Å². The number of carboxylic acid groups (broad SMARTS) is 1. The van der Waals surface area contributed by atoms with Crippen LogP contribution in [0.2, 0.25) is 0 Å². The lowest BCUT2D eigenvalue weighted by atomic mass is 10.0. The Labute approximate surface area is 206 Å². The summed E-state index contributed by atoms with van der Waals surface area (Å²) in [5.74, 6) is -2.16. The molecule has 2 aromatic rings. The molecule has 4 rings (SSSR count). The van der Waals surface area contributed by atoms with Crippen molar-refractivity contribution >= 4 is 57.5 Å². The minimum Gasteiger partial charge on any atom is -0.489 e. The van der Waals surface area contributed by atoms with Crippen LogP contribution in [0, 0.1) is 0 Å². The third kappa shape index (κ3) is 4.70. The zero-order chi connectivity index (χ0) is 25.3. The number of nitrogens with zero attached hydrogens (tertiary/aromatic N) is 3. The molecule has 2 aliphatic rings. The zero-order valence-electron chi connectivity index (χ0n) is 18.1. The van der Waals surface area contributed by atoms with Crippen molar-refractivity contribution in [1.29, 1.82) is 0 Å².